The van der Waals surface area contributed by atoms with E-state index in [0.29, 0.717) is 17.8 Å². The van der Waals surface area contributed by atoms with Gasteiger partial charge < -0.3 is 10.2 Å². The summed E-state index contributed by atoms with van der Waals surface area (Å²) in [6, 6.07) is 0.909. The fourth-order valence-corrected chi connectivity index (χ4v) is 4.43. The van der Waals surface area contributed by atoms with Crippen LogP contribution in [-0.4, -0.2) is 76.0 Å². The summed E-state index contributed by atoms with van der Waals surface area (Å²) in [7, 11) is 0. The minimum Gasteiger partial charge on any atom is -0.334 e. The zero-order chi connectivity index (χ0) is 16.5. The second kappa shape index (κ2) is 6.80. The standard InChI is InChI=1S/C17H28N6O/c1-13-16(19-20-23(13)14-5-7-18-8-6-14)17(24)22-11-10-21-9-3-2-4-15(21)12-22/h14-15,18H,2-12H2,1H3/t15-/m0/s1. The zero-order valence-corrected chi connectivity index (χ0v) is 14.6. The van der Waals surface area contributed by atoms with Crippen molar-refractivity contribution in [3.63, 3.8) is 0 Å². The van der Waals surface area contributed by atoms with Gasteiger partial charge in [0.05, 0.1) is 11.7 Å². The molecule has 7 heteroatoms. The maximum Gasteiger partial charge on any atom is 0.276 e. The van der Waals surface area contributed by atoms with Crippen molar-refractivity contribution in [2.24, 2.45) is 0 Å². The van der Waals surface area contributed by atoms with Gasteiger partial charge in [-0.05, 0) is 52.2 Å². The summed E-state index contributed by atoms with van der Waals surface area (Å²) in [6.07, 6.45) is 5.91. The number of nitrogens with one attached hydrogen (secondary N) is 1. The number of piperidine rings is 2. The van der Waals surface area contributed by atoms with E-state index in [-0.39, 0.29) is 5.91 Å². The lowest BCUT2D eigenvalue weighted by Gasteiger charge is -2.43. The van der Waals surface area contributed by atoms with Gasteiger partial charge in [-0.1, -0.05) is 11.6 Å². The number of aromatic nitrogens is 3. The number of carbonyl (C=O) groups excluding carboxylic acids is 1. The Morgan fingerprint density at radius 1 is 1.08 bits per heavy atom. The molecule has 3 aliphatic heterocycles. The molecule has 4 rings (SSSR count). The molecule has 0 aromatic carbocycles. The van der Waals surface area contributed by atoms with Crippen LogP contribution in [0.2, 0.25) is 0 Å². The number of hydrogen-bond acceptors (Lipinski definition) is 5. The molecule has 132 valence electrons. The molecule has 1 aromatic rings. The number of amides is 1. The Hall–Kier alpha value is -1.47. The third kappa shape index (κ3) is 2.95. The average molecular weight is 332 g/mol. The highest BCUT2D eigenvalue weighted by Gasteiger charge is 2.33. The Kier molecular flexibility index (Phi) is 4.54. The van der Waals surface area contributed by atoms with Crippen molar-refractivity contribution >= 4 is 5.91 Å². The monoisotopic (exact) mass is 332 g/mol. The minimum absolute atomic E-state index is 0.0675. The summed E-state index contributed by atoms with van der Waals surface area (Å²) < 4.78 is 1.98. The summed E-state index contributed by atoms with van der Waals surface area (Å²) in [5.41, 5.74) is 1.48. The maximum atomic E-state index is 13.0. The van der Waals surface area contributed by atoms with Crippen molar-refractivity contribution in [2.75, 3.05) is 39.3 Å². The SMILES string of the molecule is Cc1c(C(=O)N2CCN3CCCC[C@H]3C2)nnn1C1CCNCC1. The zero-order valence-electron chi connectivity index (χ0n) is 14.6. The smallest absolute Gasteiger partial charge is 0.276 e. The largest absolute Gasteiger partial charge is 0.334 e. The van der Waals surface area contributed by atoms with Gasteiger partial charge in [0.25, 0.3) is 5.91 Å². The molecule has 1 aromatic heterocycles. The molecule has 1 atom stereocenters. The normalized spacial score (nSPS) is 26.4. The van der Waals surface area contributed by atoms with Gasteiger partial charge in [-0.25, -0.2) is 4.68 Å². The number of nitrogens with zero attached hydrogens (tertiary/aromatic N) is 5. The molecule has 0 bridgehead atoms. The first-order valence-corrected chi connectivity index (χ1v) is 9.40. The van der Waals surface area contributed by atoms with E-state index in [9.17, 15) is 4.79 Å². The molecule has 3 aliphatic rings. The van der Waals surface area contributed by atoms with Gasteiger partial charge in [0.15, 0.2) is 5.69 Å². The third-order valence-corrected chi connectivity index (χ3v) is 5.91. The quantitative estimate of drug-likeness (QED) is 0.869. The maximum absolute atomic E-state index is 13.0. The second-order valence-corrected chi connectivity index (χ2v) is 7.39. The molecule has 1 amide bonds. The van der Waals surface area contributed by atoms with Crippen LogP contribution in [0.3, 0.4) is 0 Å². The minimum atomic E-state index is 0.0675. The molecule has 0 spiro atoms. The van der Waals surface area contributed by atoms with Crippen LogP contribution in [-0.2, 0) is 0 Å². The van der Waals surface area contributed by atoms with Crippen LogP contribution in [0.4, 0.5) is 0 Å². The molecule has 1 N–H and O–H groups in total. The number of carbonyl (C=O) groups is 1. The molecule has 24 heavy (non-hydrogen) atoms. The molecule has 4 heterocycles. The van der Waals surface area contributed by atoms with E-state index in [1.165, 1.54) is 25.8 Å². The van der Waals surface area contributed by atoms with Crippen LogP contribution >= 0.6 is 0 Å². The van der Waals surface area contributed by atoms with Crippen molar-refractivity contribution in [1.29, 1.82) is 0 Å². The molecule has 0 aliphatic carbocycles. The van der Waals surface area contributed by atoms with E-state index < -0.39 is 0 Å². The highest BCUT2D eigenvalue weighted by atomic mass is 16.2. The highest BCUT2D eigenvalue weighted by molar-refractivity contribution is 5.93. The summed E-state index contributed by atoms with van der Waals surface area (Å²) in [5.74, 6) is 0.0675. The topological polar surface area (TPSA) is 66.3 Å². The van der Waals surface area contributed by atoms with E-state index in [0.717, 1.165) is 51.3 Å². The van der Waals surface area contributed by atoms with E-state index in [2.05, 4.69) is 20.5 Å². The highest BCUT2D eigenvalue weighted by Crippen LogP contribution is 2.24. The predicted molar refractivity (Wildman–Crippen MR) is 91.0 cm³/mol. The molecular formula is C17H28N6O. The van der Waals surface area contributed by atoms with Crippen LogP contribution in [0.1, 0.15) is 54.3 Å². The van der Waals surface area contributed by atoms with E-state index in [1.54, 1.807) is 0 Å². The van der Waals surface area contributed by atoms with E-state index >= 15 is 0 Å². The number of piperazine rings is 1. The third-order valence-electron chi connectivity index (χ3n) is 5.91. The van der Waals surface area contributed by atoms with Gasteiger partial charge in [-0.15, -0.1) is 5.10 Å². The van der Waals surface area contributed by atoms with Crippen LogP contribution in [0.5, 0.6) is 0 Å². The average Bonchev–Trinajstić information content (AvgIpc) is 3.03. The first kappa shape index (κ1) is 16.0. The van der Waals surface area contributed by atoms with Crippen molar-refractivity contribution < 1.29 is 4.79 Å². The van der Waals surface area contributed by atoms with Crippen LogP contribution in [0.15, 0.2) is 0 Å². The van der Waals surface area contributed by atoms with Crippen molar-refractivity contribution in [1.82, 2.24) is 30.1 Å². The summed E-state index contributed by atoms with van der Waals surface area (Å²) in [6.45, 7) is 7.86. The molecule has 0 radical (unpaired) electrons. The van der Waals surface area contributed by atoms with Crippen molar-refractivity contribution in [3.8, 4) is 0 Å². The van der Waals surface area contributed by atoms with Gasteiger partial charge in [-0.2, -0.15) is 0 Å². The number of rotatable bonds is 2. The Morgan fingerprint density at radius 2 is 1.92 bits per heavy atom. The molecule has 0 unspecified atom stereocenters. The first-order chi connectivity index (χ1) is 11.7. The van der Waals surface area contributed by atoms with Gasteiger partial charge in [0.2, 0.25) is 0 Å². The summed E-state index contributed by atoms with van der Waals surface area (Å²) >= 11 is 0. The van der Waals surface area contributed by atoms with Gasteiger partial charge in [0.1, 0.15) is 0 Å². The Bertz CT molecular complexity index is 594. The Labute approximate surface area is 143 Å². The van der Waals surface area contributed by atoms with E-state index in [4.69, 9.17) is 0 Å². The fraction of sp³-hybridized carbons (Fsp3) is 0.824. The predicted octanol–water partition coefficient (Wildman–Crippen LogP) is 0.821. The number of hydrogen-bond donors (Lipinski definition) is 1. The summed E-state index contributed by atoms with van der Waals surface area (Å²) in [5, 5.41) is 11.9. The van der Waals surface area contributed by atoms with Gasteiger partial charge in [0, 0.05) is 25.7 Å². The molecule has 3 saturated heterocycles. The van der Waals surface area contributed by atoms with Gasteiger partial charge >= 0.3 is 0 Å². The second-order valence-electron chi connectivity index (χ2n) is 7.39. The summed E-state index contributed by atoms with van der Waals surface area (Å²) in [4.78, 5) is 17.5. The molecule has 7 nitrogen and oxygen atoms in total. The van der Waals surface area contributed by atoms with Crippen molar-refractivity contribution in [2.45, 2.75) is 51.1 Å². The van der Waals surface area contributed by atoms with Crippen molar-refractivity contribution in [3.05, 3.63) is 11.4 Å². The van der Waals surface area contributed by atoms with Crippen LogP contribution < -0.4 is 5.32 Å². The fourth-order valence-electron chi connectivity index (χ4n) is 4.43. The molecule has 0 saturated carbocycles. The Balaban J connectivity index is 1.47. The number of fused-ring (bicyclic) bond motifs is 1. The molecule has 3 fully saturated rings. The van der Waals surface area contributed by atoms with E-state index in [1.807, 2.05) is 16.5 Å². The van der Waals surface area contributed by atoms with Crippen LogP contribution in [0.25, 0.3) is 0 Å². The Morgan fingerprint density at radius 3 is 2.75 bits per heavy atom. The molecular weight excluding hydrogens is 304 g/mol. The van der Waals surface area contributed by atoms with Gasteiger partial charge in [-0.3, -0.25) is 9.69 Å². The van der Waals surface area contributed by atoms with Crippen LogP contribution in [0, 0.1) is 6.92 Å². The lowest BCUT2D eigenvalue weighted by molar-refractivity contribution is 0.0367. The first-order valence-electron chi connectivity index (χ1n) is 9.40. The lowest BCUT2D eigenvalue weighted by atomic mass is 9.99. The lowest BCUT2D eigenvalue weighted by Crippen LogP contribution is -2.56.